The molecular formula is C30H42. The zero-order chi connectivity index (χ0) is 20.4. The average molecular weight is 403 g/mol. The van der Waals surface area contributed by atoms with E-state index >= 15 is 0 Å². The molecule has 2 aliphatic rings. The Hall–Kier alpha value is -1.56. The van der Waals surface area contributed by atoms with E-state index in [1.807, 2.05) is 0 Å². The minimum atomic E-state index is 1.27. The van der Waals surface area contributed by atoms with Gasteiger partial charge in [-0.2, -0.15) is 0 Å². The Morgan fingerprint density at radius 3 is 1.20 bits per heavy atom. The van der Waals surface area contributed by atoms with Gasteiger partial charge in [0.25, 0.3) is 0 Å². The Morgan fingerprint density at radius 1 is 0.300 bits per heavy atom. The van der Waals surface area contributed by atoms with Crippen molar-refractivity contribution in [2.24, 2.45) is 0 Å². The topological polar surface area (TPSA) is 0 Å². The second-order valence-electron chi connectivity index (χ2n) is 10.0. The molecule has 0 spiro atoms. The predicted molar refractivity (Wildman–Crippen MR) is 131 cm³/mol. The van der Waals surface area contributed by atoms with E-state index in [-0.39, 0.29) is 0 Å². The Balaban J connectivity index is 1.57. The fourth-order valence-corrected chi connectivity index (χ4v) is 5.59. The third-order valence-corrected chi connectivity index (χ3v) is 7.39. The van der Waals surface area contributed by atoms with E-state index in [1.165, 1.54) is 116 Å². The van der Waals surface area contributed by atoms with Crippen LogP contribution in [-0.2, 0) is 38.5 Å². The highest BCUT2D eigenvalue weighted by Crippen LogP contribution is 2.23. The molecule has 4 rings (SSSR count). The molecule has 2 aromatic rings. The summed E-state index contributed by atoms with van der Waals surface area (Å²) in [6.45, 7) is 0. The number of fused-ring (bicyclic) bond motifs is 8. The summed E-state index contributed by atoms with van der Waals surface area (Å²) in [6, 6.07) is 15.1. The van der Waals surface area contributed by atoms with Gasteiger partial charge < -0.3 is 0 Å². The van der Waals surface area contributed by atoms with Crippen molar-refractivity contribution in [2.75, 3.05) is 0 Å². The van der Waals surface area contributed by atoms with Crippen LogP contribution in [0.3, 0.4) is 0 Å². The number of hydrogen-bond donors (Lipinski definition) is 0. The summed E-state index contributed by atoms with van der Waals surface area (Å²) in [7, 11) is 0. The molecule has 0 atom stereocenters. The zero-order valence-electron chi connectivity index (χ0n) is 19.2. The van der Waals surface area contributed by atoms with Gasteiger partial charge in [0, 0.05) is 0 Å². The molecule has 0 N–H and O–H groups in total. The molecule has 0 aliphatic heterocycles. The first-order valence-electron chi connectivity index (χ1n) is 13.1. The molecule has 0 aromatic heterocycles. The third-order valence-electron chi connectivity index (χ3n) is 7.39. The van der Waals surface area contributed by atoms with E-state index in [0.717, 1.165) is 0 Å². The normalized spacial score (nSPS) is 19.6. The molecule has 0 heterocycles. The Labute approximate surface area is 185 Å². The first-order valence-corrected chi connectivity index (χ1v) is 13.1. The minimum absolute atomic E-state index is 1.27. The van der Waals surface area contributed by atoms with Crippen molar-refractivity contribution < 1.29 is 0 Å². The number of rotatable bonds is 0. The van der Waals surface area contributed by atoms with E-state index < -0.39 is 0 Å². The van der Waals surface area contributed by atoms with Crippen molar-refractivity contribution in [1.29, 1.82) is 0 Å². The number of benzene rings is 2. The molecule has 2 aliphatic carbocycles. The molecule has 2 aromatic carbocycles. The molecule has 0 unspecified atom stereocenters. The van der Waals surface area contributed by atoms with Crippen LogP contribution in [0.2, 0.25) is 0 Å². The van der Waals surface area contributed by atoms with Gasteiger partial charge in [0.05, 0.1) is 0 Å². The van der Waals surface area contributed by atoms with Crippen LogP contribution in [0.15, 0.2) is 36.4 Å². The fraction of sp³-hybridized carbons (Fsp3) is 0.600. The molecule has 5 bridgehead atoms. The molecule has 162 valence electrons. The van der Waals surface area contributed by atoms with Crippen LogP contribution in [0.4, 0.5) is 0 Å². The standard InChI is InChI=1S/C30H42/c1-2-8-14-26-21-27-15-9-3-5-11-17-29-20-19-25(13-7-1)24-30(29)18-12-6-4-10-16-28(22-26)23-27/h19-24H,1-18H2. The summed E-state index contributed by atoms with van der Waals surface area (Å²) in [5, 5.41) is 0. The van der Waals surface area contributed by atoms with Crippen LogP contribution < -0.4 is 0 Å². The Kier molecular flexibility index (Phi) is 8.47. The van der Waals surface area contributed by atoms with Gasteiger partial charge in [-0.05, 0) is 110 Å². The highest BCUT2D eigenvalue weighted by atomic mass is 14.1. The molecule has 0 amide bonds. The molecule has 30 heavy (non-hydrogen) atoms. The van der Waals surface area contributed by atoms with E-state index in [9.17, 15) is 0 Å². The monoisotopic (exact) mass is 402 g/mol. The maximum atomic E-state index is 2.58. The van der Waals surface area contributed by atoms with Crippen LogP contribution >= 0.6 is 0 Å². The molecule has 0 saturated heterocycles. The van der Waals surface area contributed by atoms with Crippen molar-refractivity contribution in [3.8, 4) is 0 Å². The molecular weight excluding hydrogens is 360 g/mol. The van der Waals surface area contributed by atoms with Gasteiger partial charge in [0.2, 0.25) is 0 Å². The van der Waals surface area contributed by atoms with Crippen molar-refractivity contribution in [3.63, 3.8) is 0 Å². The maximum Gasteiger partial charge on any atom is -0.0276 e. The molecule has 0 heteroatoms. The summed E-state index contributed by atoms with van der Waals surface area (Å²) < 4.78 is 0. The first kappa shape index (κ1) is 21.7. The van der Waals surface area contributed by atoms with Crippen LogP contribution in [0.1, 0.15) is 110 Å². The van der Waals surface area contributed by atoms with Crippen LogP contribution in [0, 0.1) is 0 Å². The lowest BCUT2D eigenvalue weighted by atomic mass is 9.93. The highest BCUT2D eigenvalue weighted by molar-refractivity contribution is 5.33. The Bertz CT molecular complexity index is 784. The summed E-state index contributed by atoms with van der Waals surface area (Å²) in [5.41, 5.74) is 9.75. The van der Waals surface area contributed by atoms with Crippen LogP contribution in [0.25, 0.3) is 0 Å². The fourth-order valence-electron chi connectivity index (χ4n) is 5.59. The van der Waals surface area contributed by atoms with Gasteiger partial charge in [0.15, 0.2) is 0 Å². The average Bonchev–Trinajstić information content (AvgIpc) is 2.75. The zero-order valence-corrected chi connectivity index (χ0v) is 19.2. The second-order valence-corrected chi connectivity index (χ2v) is 10.0. The number of hydrogen-bond acceptors (Lipinski definition) is 0. The first-order chi connectivity index (χ1) is 14.9. The lowest BCUT2D eigenvalue weighted by molar-refractivity contribution is 0.628. The van der Waals surface area contributed by atoms with E-state index in [2.05, 4.69) is 36.4 Å². The van der Waals surface area contributed by atoms with Crippen molar-refractivity contribution in [3.05, 3.63) is 69.8 Å². The van der Waals surface area contributed by atoms with Crippen molar-refractivity contribution in [2.45, 2.75) is 116 Å². The highest BCUT2D eigenvalue weighted by Gasteiger charge is 2.08. The lowest BCUT2D eigenvalue weighted by Gasteiger charge is -2.13. The van der Waals surface area contributed by atoms with Gasteiger partial charge in [-0.3, -0.25) is 0 Å². The van der Waals surface area contributed by atoms with Gasteiger partial charge in [-0.25, -0.2) is 0 Å². The molecule has 0 saturated carbocycles. The lowest BCUT2D eigenvalue weighted by Crippen LogP contribution is -1.99. The quantitative estimate of drug-likeness (QED) is 0.415. The largest absolute Gasteiger partial charge is 0.0588 e. The molecule has 0 fully saturated rings. The van der Waals surface area contributed by atoms with Crippen LogP contribution in [-0.4, -0.2) is 0 Å². The maximum absolute atomic E-state index is 2.58. The van der Waals surface area contributed by atoms with E-state index in [4.69, 9.17) is 0 Å². The molecule has 0 radical (unpaired) electrons. The van der Waals surface area contributed by atoms with Gasteiger partial charge >= 0.3 is 0 Å². The molecule has 0 nitrogen and oxygen atoms in total. The smallest absolute Gasteiger partial charge is 0.0276 e. The SMILES string of the molecule is c1cc2c3cc1CCCCCCc1cc(cc(c1)CCCCCC3)CCCCCC2. The summed E-state index contributed by atoms with van der Waals surface area (Å²) in [4.78, 5) is 0. The number of aryl methyl sites for hydroxylation is 6. The predicted octanol–water partition coefficient (Wildman–Crippen LogP) is 8.35. The minimum Gasteiger partial charge on any atom is -0.0588 e. The van der Waals surface area contributed by atoms with Crippen molar-refractivity contribution in [1.82, 2.24) is 0 Å². The summed E-state index contributed by atoms with van der Waals surface area (Å²) in [5.74, 6) is 0. The Morgan fingerprint density at radius 2 is 0.700 bits per heavy atom. The summed E-state index contributed by atoms with van der Waals surface area (Å²) >= 11 is 0. The van der Waals surface area contributed by atoms with E-state index in [0.29, 0.717) is 0 Å². The van der Waals surface area contributed by atoms with Gasteiger partial charge in [-0.1, -0.05) is 74.9 Å². The van der Waals surface area contributed by atoms with E-state index in [1.54, 1.807) is 33.4 Å². The summed E-state index contributed by atoms with van der Waals surface area (Å²) in [6.07, 6.45) is 24.1. The third kappa shape index (κ3) is 6.73. The van der Waals surface area contributed by atoms with Gasteiger partial charge in [-0.15, -0.1) is 0 Å². The van der Waals surface area contributed by atoms with Crippen molar-refractivity contribution >= 4 is 0 Å². The van der Waals surface area contributed by atoms with Gasteiger partial charge in [0.1, 0.15) is 0 Å². The van der Waals surface area contributed by atoms with Crippen LogP contribution in [0.5, 0.6) is 0 Å². The second kappa shape index (κ2) is 11.7.